The molecule has 46 valence electrons. The topological polar surface area (TPSA) is 0 Å². The first-order valence-corrected chi connectivity index (χ1v) is 0. The maximum Gasteiger partial charge on any atom is 2.00 e. The fourth-order valence-corrected chi connectivity index (χ4v) is 0. The summed E-state index contributed by atoms with van der Waals surface area (Å²) in [4.78, 5) is 0. The van der Waals surface area contributed by atoms with Crippen molar-refractivity contribution in [2.24, 2.45) is 0 Å². The van der Waals surface area contributed by atoms with E-state index >= 15 is 0 Å². The molecule has 0 aromatic heterocycles. The Morgan fingerprint density at radius 3 is 0.500 bits per heavy atom. The van der Waals surface area contributed by atoms with Gasteiger partial charge in [0.1, 0.15) is 0 Å². The standard InChI is InChI=1S/4ClH.Fe.H4S/h4*1H;;1H4/q;;;;2*+2/p-4. The van der Waals surface area contributed by atoms with Crippen LogP contribution in [-0.2, 0) is 30.6 Å². The second kappa shape index (κ2) is 62.0. The Morgan fingerprint density at radius 1 is 0.500 bits per heavy atom. The van der Waals surface area contributed by atoms with Crippen molar-refractivity contribution in [3.63, 3.8) is 0 Å². The monoisotopic (exact) mass is 232 g/mol. The number of hydrogen-bond acceptors (Lipinski definition) is 0. The van der Waals surface area contributed by atoms with Crippen molar-refractivity contribution in [2.45, 2.75) is 0 Å². The van der Waals surface area contributed by atoms with Crippen molar-refractivity contribution in [3.8, 4) is 0 Å². The van der Waals surface area contributed by atoms with Crippen LogP contribution < -0.4 is 49.6 Å². The third-order valence-corrected chi connectivity index (χ3v) is 0. The Morgan fingerprint density at radius 2 is 0.500 bits per heavy atom. The van der Waals surface area contributed by atoms with Gasteiger partial charge in [-0.25, -0.2) is 13.5 Å². The number of hydrogen-bond donors (Lipinski definition) is 0. The largest absolute Gasteiger partial charge is 2.00 e. The minimum atomic E-state index is 0. The molecule has 0 amide bonds. The quantitative estimate of drug-likeness (QED) is 0.365. The zero-order valence-corrected chi connectivity index (χ0v) is 8.11. The third-order valence-electron chi connectivity index (χ3n) is 0. The van der Waals surface area contributed by atoms with Crippen LogP contribution in [0.1, 0.15) is 0 Å². The minimum absolute atomic E-state index is 0. The smallest absolute Gasteiger partial charge is 1.00 e. The summed E-state index contributed by atoms with van der Waals surface area (Å²) >= 11 is 0. The predicted molar refractivity (Wildman–Crippen MR) is 12.9 cm³/mol. The molecule has 0 radical (unpaired) electrons. The van der Waals surface area contributed by atoms with Gasteiger partial charge in [-0.05, 0) is 0 Å². The Labute approximate surface area is 79.8 Å². The average Bonchev–Trinajstić information content (AvgIpc) is 0. The second-order valence-corrected chi connectivity index (χ2v) is 0. The molecular formula is H4Cl4FeS. The molecule has 0 aliphatic heterocycles. The van der Waals surface area contributed by atoms with Crippen molar-refractivity contribution in [2.75, 3.05) is 0 Å². The van der Waals surface area contributed by atoms with Crippen LogP contribution in [0.2, 0.25) is 0 Å². The molecule has 0 aromatic carbocycles. The molecule has 0 N–H and O–H groups in total. The van der Waals surface area contributed by atoms with Gasteiger partial charge in [-0.2, -0.15) is 0 Å². The van der Waals surface area contributed by atoms with Crippen molar-refractivity contribution in [1.82, 2.24) is 0 Å². The summed E-state index contributed by atoms with van der Waals surface area (Å²) in [6.45, 7) is 0. The minimum Gasteiger partial charge on any atom is -1.00 e. The van der Waals surface area contributed by atoms with Crippen LogP contribution in [0.4, 0.5) is 0 Å². The molecule has 0 saturated heterocycles. The van der Waals surface area contributed by atoms with Gasteiger partial charge in [0.15, 0.2) is 0 Å². The SMILES string of the molecule is [Cl-].[Cl-].[Cl-].[Cl-].[Fe+2].[SH4+2]. The molecule has 0 aliphatic carbocycles. The van der Waals surface area contributed by atoms with Gasteiger partial charge in [-0.15, -0.1) is 0 Å². The molecule has 0 spiro atoms. The summed E-state index contributed by atoms with van der Waals surface area (Å²) < 4.78 is 0. The zero-order valence-electron chi connectivity index (χ0n) is 2.57. The van der Waals surface area contributed by atoms with Crippen molar-refractivity contribution < 1.29 is 66.7 Å². The maximum atomic E-state index is 0. The van der Waals surface area contributed by atoms with Gasteiger partial charge >= 0.3 is 17.1 Å². The predicted octanol–water partition coefficient (Wildman–Crippen LogP) is -13.1. The summed E-state index contributed by atoms with van der Waals surface area (Å²) in [7, 11) is 0. The van der Waals surface area contributed by atoms with Crippen LogP contribution in [0.3, 0.4) is 0 Å². The zero-order chi connectivity index (χ0) is 0. The fraction of sp³-hybridized carbons (Fsp3) is 0. The van der Waals surface area contributed by atoms with Crippen molar-refractivity contribution in [3.05, 3.63) is 0 Å². The van der Waals surface area contributed by atoms with E-state index in [0.29, 0.717) is 0 Å². The van der Waals surface area contributed by atoms with E-state index in [2.05, 4.69) is 0 Å². The second-order valence-electron chi connectivity index (χ2n) is 0. The van der Waals surface area contributed by atoms with Crippen LogP contribution in [0, 0.1) is 0 Å². The van der Waals surface area contributed by atoms with E-state index in [9.17, 15) is 0 Å². The summed E-state index contributed by atoms with van der Waals surface area (Å²) in [5.74, 6) is 0. The van der Waals surface area contributed by atoms with E-state index in [0.717, 1.165) is 0 Å². The van der Waals surface area contributed by atoms with Gasteiger partial charge in [-0.1, -0.05) is 0 Å². The summed E-state index contributed by atoms with van der Waals surface area (Å²) in [5, 5.41) is 0. The van der Waals surface area contributed by atoms with E-state index in [-0.39, 0.29) is 80.2 Å². The molecule has 6 heteroatoms. The molecule has 6 heavy (non-hydrogen) atoms. The molecule has 0 aromatic rings. The first kappa shape index (κ1) is 96.3. The normalized spacial score (nSPS) is 0. The van der Waals surface area contributed by atoms with Crippen LogP contribution in [0.5, 0.6) is 0 Å². The summed E-state index contributed by atoms with van der Waals surface area (Å²) in [5.41, 5.74) is 0. The van der Waals surface area contributed by atoms with Gasteiger partial charge in [0.25, 0.3) is 0 Å². The Kier molecular flexibility index (Phi) is 996. The molecule has 0 nitrogen and oxygen atoms in total. The van der Waals surface area contributed by atoms with E-state index in [1.807, 2.05) is 0 Å². The van der Waals surface area contributed by atoms with E-state index in [1.165, 1.54) is 0 Å². The molecule has 0 aliphatic rings. The van der Waals surface area contributed by atoms with Gasteiger partial charge in [0, 0.05) is 0 Å². The molecule has 0 rings (SSSR count). The van der Waals surface area contributed by atoms with E-state index in [1.54, 1.807) is 0 Å². The average molecular weight is 234 g/mol. The molecule has 0 fully saturated rings. The number of halogens is 4. The molecule has 0 unspecified atom stereocenters. The molecule has 0 heterocycles. The van der Waals surface area contributed by atoms with E-state index in [4.69, 9.17) is 0 Å². The first-order valence-electron chi connectivity index (χ1n) is 0. The van der Waals surface area contributed by atoms with Crippen LogP contribution >= 0.6 is 0 Å². The van der Waals surface area contributed by atoms with Crippen LogP contribution in [-0.4, -0.2) is 0 Å². The van der Waals surface area contributed by atoms with Gasteiger partial charge < -0.3 is 49.6 Å². The van der Waals surface area contributed by atoms with Gasteiger partial charge in [0.05, 0.1) is 0 Å². The number of rotatable bonds is 0. The van der Waals surface area contributed by atoms with E-state index < -0.39 is 0 Å². The first-order chi connectivity index (χ1) is 0. The molecule has 0 atom stereocenters. The summed E-state index contributed by atoms with van der Waals surface area (Å²) in [6, 6.07) is 0. The maximum absolute atomic E-state index is 0. The Bertz CT molecular complexity index is 7.51. The van der Waals surface area contributed by atoms with Crippen molar-refractivity contribution >= 4 is 13.5 Å². The Hall–Kier alpha value is 2.03. The molecule has 0 bridgehead atoms. The van der Waals surface area contributed by atoms with Gasteiger partial charge in [0.2, 0.25) is 0 Å². The third kappa shape index (κ3) is 37.0. The fourth-order valence-electron chi connectivity index (χ4n) is 0. The molecular weight excluding hydrogens is 230 g/mol. The van der Waals surface area contributed by atoms with Crippen molar-refractivity contribution in [1.29, 1.82) is 0 Å². The Balaban J connectivity index is 0. The summed E-state index contributed by atoms with van der Waals surface area (Å²) in [6.07, 6.45) is 0. The molecule has 0 saturated carbocycles. The van der Waals surface area contributed by atoms with Gasteiger partial charge in [-0.3, -0.25) is 0 Å². The van der Waals surface area contributed by atoms with Crippen LogP contribution in [0.25, 0.3) is 0 Å². The van der Waals surface area contributed by atoms with Crippen LogP contribution in [0.15, 0.2) is 0 Å².